The fourth-order valence-electron chi connectivity index (χ4n) is 1.49. The van der Waals surface area contributed by atoms with Gasteiger partial charge in [-0.15, -0.1) is 0 Å². The molecular formula is C11H19N5O. The van der Waals surface area contributed by atoms with Crippen LogP contribution >= 0.6 is 0 Å². The molecule has 0 aromatic carbocycles. The van der Waals surface area contributed by atoms with Crippen LogP contribution in [-0.4, -0.2) is 43.6 Å². The Bertz CT molecular complexity index is 382. The molecule has 0 aliphatic rings. The highest BCUT2D eigenvalue weighted by atomic mass is 16.1. The first-order valence-electron chi connectivity index (χ1n) is 5.51. The van der Waals surface area contributed by atoms with Gasteiger partial charge in [0.15, 0.2) is 0 Å². The van der Waals surface area contributed by atoms with E-state index < -0.39 is 0 Å². The molecule has 0 saturated carbocycles. The smallest absolute Gasteiger partial charge is 0.224 e. The van der Waals surface area contributed by atoms with E-state index in [0.717, 1.165) is 5.82 Å². The molecule has 0 fully saturated rings. The summed E-state index contributed by atoms with van der Waals surface area (Å²) in [5, 5.41) is 5.56. The second-order valence-electron chi connectivity index (χ2n) is 3.91. The average molecular weight is 237 g/mol. The monoisotopic (exact) mass is 237 g/mol. The average Bonchev–Trinajstić information content (AvgIpc) is 2.37. The lowest BCUT2D eigenvalue weighted by molar-refractivity contribution is -0.123. The van der Waals surface area contributed by atoms with Crippen LogP contribution in [0.5, 0.6) is 0 Å². The number of hydrogen-bond donors (Lipinski definition) is 2. The van der Waals surface area contributed by atoms with Crippen molar-refractivity contribution in [2.24, 2.45) is 5.92 Å². The van der Waals surface area contributed by atoms with E-state index in [1.54, 1.807) is 26.5 Å². The number of rotatable bonds is 5. The molecule has 1 atom stereocenters. The number of amides is 1. The zero-order valence-electron chi connectivity index (χ0n) is 10.7. The van der Waals surface area contributed by atoms with Crippen LogP contribution in [0.25, 0.3) is 0 Å². The van der Waals surface area contributed by atoms with Crippen LogP contribution in [0.15, 0.2) is 12.4 Å². The molecule has 1 unspecified atom stereocenters. The van der Waals surface area contributed by atoms with Crippen LogP contribution in [0.2, 0.25) is 0 Å². The van der Waals surface area contributed by atoms with Crippen molar-refractivity contribution >= 4 is 17.5 Å². The van der Waals surface area contributed by atoms with Gasteiger partial charge in [0.1, 0.15) is 11.6 Å². The van der Waals surface area contributed by atoms with Crippen LogP contribution in [0.4, 0.5) is 11.6 Å². The Balaban J connectivity index is 2.68. The van der Waals surface area contributed by atoms with Gasteiger partial charge < -0.3 is 15.5 Å². The van der Waals surface area contributed by atoms with Gasteiger partial charge in [0.25, 0.3) is 0 Å². The minimum absolute atomic E-state index is 0.0228. The second kappa shape index (κ2) is 6.03. The first-order valence-corrected chi connectivity index (χ1v) is 5.51. The Morgan fingerprint density at radius 2 is 2.18 bits per heavy atom. The molecule has 1 aromatic heterocycles. The molecule has 1 heterocycles. The fourth-order valence-corrected chi connectivity index (χ4v) is 1.49. The topological polar surface area (TPSA) is 70.2 Å². The summed E-state index contributed by atoms with van der Waals surface area (Å²) in [5.41, 5.74) is 0. The molecular weight excluding hydrogens is 218 g/mol. The van der Waals surface area contributed by atoms with E-state index >= 15 is 0 Å². The Labute approximate surface area is 101 Å². The summed E-state index contributed by atoms with van der Waals surface area (Å²) in [5.74, 6) is 1.38. The van der Waals surface area contributed by atoms with E-state index in [2.05, 4.69) is 20.6 Å². The van der Waals surface area contributed by atoms with Crippen LogP contribution in [0.1, 0.15) is 6.92 Å². The molecule has 1 aromatic rings. The van der Waals surface area contributed by atoms with Crippen molar-refractivity contribution in [2.45, 2.75) is 6.92 Å². The molecule has 0 bridgehead atoms. The summed E-state index contributed by atoms with van der Waals surface area (Å²) < 4.78 is 0. The van der Waals surface area contributed by atoms with Crippen molar-refractivity contribution < 1.29 is 4.79 Å². The first kappa shape index (κ1) is 13.2. The zero-order valence-corrected chi connectivity index (χ0v) is 10.7. The molecule has 17 heavy (non-hydrogen) atoms. The summed E-state index contributed by atoms with van der Waals surface area (Å²) >= 11 is 0. The van der Waals surface area contributed by atoms with Crippen molar-refractivity contribution in [3.05, 3.63) is 12.4 Å². The Morgan fingerprint density at radius 3 is 2.76 bits per heavy atom. The Morgan fingerprint density at radius 1 is 1.47 bits per heavy atom. The number of carbonyl (C=O) groups is 1. The van der Waals surface area contributed by atoms with Crippen molar-refractivity contribution in [3.63, 3.8) is 0 Å². The van der Waals surface area contributed by atoms with E-state index in [9.17, 15) is 4.79 Å². The molecule has 0 aliphatic carbocycles. The highest BCUT2D eigenvalue weighted by Crippen LogP contribution is 2.12. The Hall–Kier alpha value is -1.85. The minimum Gasteiger partial charge on any atom is -0.372 e. The van der Waals surface area contributed by atoms with Crippen LogP contribution in [-0.2, 0) is 4.79 Å². The largest absolute Gasteiger partial charge is 0.372 e. The van der Waals surface area contributed by atoms with Gasteiger partial charge >= 0.3 is 0 Å². The van der Waals surface area contributed by atoms with Gasteiger partial charge in [0.05, 0.1) is 18.3 Å². The maximum atomic E-state index is 11.4. The van der Waals surface area contributed by atoms with Gasteiger partial charge in [0.2, 0.25) is 5.91 Å². The number of carbonyl (C=O) groups excluding carboxylic acids is 1. The van der Waals surface area contributed by atoms with Gasteiger partial charge in [0, 0.05) is 27.7 Å². The van der Waals surface area contributed by atoms with Crippen molar-refractivity contribution in [2.75, 3.05) is 37.9 Å². The lowest BCUT2D eigenvalue weighted by Crippen LogP contribution is -2.34. The molecule has 1 rings (SSSR count). The predicted molar refractivity (Wildman–Crippen MR) is 68.1 cm³/mol. The molecule has 2 N–H and O–H groups in total. The summed E-state index contributed by atoms with van der Waals surface area (Å²) in [6.07, 6.45) is 3.33. The van der Waals surface area contributed by atoms with Gasteiger partial charge in [-0.25, -0.2) is 4.98 Å². The summed E-state index contributed by atoms with van der Waals surface area (Å²) in [6.45, 7) is 2.48. The van der Waals surface area contributed by atoms with Crippen molar-refractivity contribution in [3.8, 4) is 0 Å². The van der Waals surface area contributed by atoms with Crippen LogP contribution in [0.3, 0.4) is 0 Å². The number of hydrogen-bond acceptors (Lipinski definition) is 5. The normalized spacial score (nSPS) is 11.8. The molecule has 0 saturated heterocycles. The highest BCUT2D eigenvalue weighted by molar-refractivity contribution is 5.78. The van der Waals surface area contributed by atoms with Gasteiger partial charge in [-0.3, -0.25) is 9.78 Å². The summed E-state index contributed by atoms with van der Waals surface area (Å²) in [6, 6.07) is 0. The van der Waals surface area contributed by atoms with Gasteiger partial charge in [-0.2, -0.15) is 0 Å². The SMILES string of the molecule is CNC(=O)C(C)CN(C)c1cncc(NC)n1. The lowest BCUT2D eigenvalue weighted by Gasteiger charge is -2.21. The Kier molecular flexibility index (Phi) is 4.68. The minimum atomic E-state index is -0.0926. The maximum Gasteiger partial charge on any atom is 0.224 e. The van der Waals surface area contributed by atoms with E-state index in [0.29, 0.717) is 12.4 Å². The van der Waals surface area contributed by atoms with E-state index in [4.69, 9.17) is 0 Å². The second-order valence-corrected chi connectivity index (χ2v) is 3.91. The third-order valence-electron chi connectivity index (χ3n) is 2.51. The van der Waals surface area contributed by atoms with E-state index in [-0.39, 0.29) is 11.8 Å². The fraction of sp³-hybridized carbons (Fsp3) is 0.545. The number of nitrogens with zero attached hydrogens (tertiary/aromatic N) is 3. The molecule has 6 heteroatoms. The molecule has 0 radical (unpaired) electrons. The molecule has 0 spiro atoms. The number of nitrogens with one attached hydrogen (secondary N) is 2. The van der Waals surface area contributed by atoms with Crippen molar-refractivity contribution in [1.29, 1.82) is 0 Å². The van der Waals surface area contributed by atoms with Gasteiger partial charge in [-0.1, -0.05) is 6.92 Å². The maximum absolute atomic E-state index is 11.4. The highest BCUT2D eigenvalue weighted by Gasteiger charge is 2.14. The number of anilines is 2. The first-order chi connectivity index (χ1) is 8.08. The van der Waals surface area contributed by atoms with Gasteiger partial charge in [-0.05, 0) is 0 Å². The van der Waals surface area contributed by atoms with Crippen molar-refractivity contribution in [1.82, 2.24) is 15.3 Å². The number of aromatic nitrogens is 2. The predicted octanol–water partition coefficient (Wildman–Crippen LogP) is 0.337. The molecule has 0 aliphatic heterocycles. The van der Waals surface area contributed by atoms with Crippen LogP contribution < -0.4 is 15.5 Å². The standard InChI is InChI=1S/C11H19N5O/c1-8(11(17)13-3)7-16(4)10-6-14-5-9(12-2)15-10/h5-6,8H,7H2,1-4H3,(H,12,15)(H,13,17). The summed E-state index contributed by atoms with van der Waals surface area (Å²) in [7, 11) is 5.32. The molecule has 94 valence electrons. The summed E-state index contributed by atoms with van der Waals surface area (Å²) in [4.78, 5) is 21.8. The van der Waals surface area contributed by atoms with Crippen LogP contribution in [0, 0.1) is 5.92 Å². The quantitative estimate of drug-likeness (QED) is 0.772. The molecule has 1 amide bonds. The zero-order chi connectivity index (χ0) is 12.8. The lowest BCUT2D eigenvalue weighted by atomic mass is 10.1. The van der Waals surface area contributed by atoms with E-state index in [1.807, 2.05) is 18.9 Å². The third-order valence-corrected chi connectivity index (χ3v) is 2.51. The third kappa shape index (κ3) is 3.58. The van der Waals surface area contributed by atoms with E-state index in [1.165, 1.54) is 0 Å². The molecule has 6 nitrogen and oxygen atoms in total.